The number of hydrogen-bond donors (Lipinski definition) is 1. The van der Waals surface area contributed by atoms with E-state index in [-0.39, 0.29) is 24.9 Å². The third-order valence-corrected chi connectivity index (χ3v) is 4.77. The van der Waals surface area contributed by atoms with Gasteiger partial charge in [-0.2, -0.15) is 0 Å². The van der Waals surface area contributed by atoms with E-state index in [1.807, 2.05) is 18.2 Å². The van der Waals surface area contributed by atoms with Crippen LogP contribution in [0.2, 0.25) is 0 Å². The highest BCUT2D eigenvalue weighted by atomic mass is 16.7. The number of anilines is 1. The molecule has 2 aromatic carbocycles. The number of rotatable bonds is 5. The number of fused-ring (bicyclic) bond motifs is 1. The van der Waals surface area contributed by atoms with Crippen LogP contribution in [0.5, 0.6) is 11.5 Å². The van der Waals surface area contributed by atoms with Crippen LogP contribution in [0.1, 0.15) is 11.3 Å². The Hall–Kier alpha value is -4.00. The van der Waals surface area contributed by atoms with Crippen molar-refractivity contribution in [2.45, 2.75) is 6.54 Å². The van der Waals surface area contributed by atoms with E-state index in [1.165, 1.54) is 11.2 Å². The van der Waals surface area contributed by atoms with Crippen LogP contribution < -0.4 is 14.8 Å². The van der Waals surface area contributed by atoms with E-state index in [2.05, 4.69) is 5.32 Å². The van der Waals surface area contributed by atoms with Gasteiger partial charge in [0, 0.05) is 11.8 Å². The lowest BCUT2D eigenvalue weighted by atomic mass is 10.0. The van der Waals surface area contributed by atoms with Crippen LogP contribution in [-0.4, -0.2) is 23.5 Å². The number of nitrogens with one attached hydrogen (secondary N) is 1. The van der Waals surface area contributed by atoms with E-state index < -0.39 is 5.91 Å². The second kappa shape index (κ2) is 6.87. The van der Waals surface area contributed by atoms with Crippen molar-refractivity contribution in [3.63, 3.8) is 0 Å². The summed E-state index contributed by atoms with van der Waals surface area (Å²) in [4.78, 5) is 27.5. The highest BCUT2D eigenvalue weighted by molar-refractivity contribution is 6.36. The van der Waals surface area contributed by atoms with Gasteiger partial charge in [0.1, 0.15) is 11.5 Å². The van der Waals surface area contributed by atoms with Crippen LogP contribution in [0, 0.1) is 0 Å². The van der Waals surface area contributed by atoms with Crippen LogP contribution in [0.4, 0.5) is 5.69 Å². The van der Waals surface area contributed by atoms with Gasteiger partial charge in [0.15, 0.2) is 11.5 Å². The molecule has 0 spiro atoms. The average molecular weight is 388 g/mol. The van der Waals surface area contributed by atoms with Gasteiger partial charge in [0.2, 0.25) is 6.79 Å². The molecule has 0 aliphatic carbocycles. The Kier molecular flexibility index (Phi) is 4.05. The molecule has 0 unspecified atom stereocenters. The third kappa shape index (κ3) is 3.02. The summed E-state index contributed by atoms with van der Waals surface area (Å²) in [5.41, 5.74) is 1.82. The van der Waals surface area contributed by atoms with E-state index in [9.17, 15) is 9.59 Å². The molecule has 0 fully saturated rings. The van der Waals surface area contributed by atoms with Crippen molar-refractivity contribution in [3.05, 3.63) is 83.9 Å². The van der Waals surface area contributed by atoms with Gasteiger partial charge in [-0.25, -0.2) is 0 Å². The van der Waals surface area contributed by atoms with Crippen molar-refractivity contribution in [2.75, 3.05) is 12.1 Å². The Morgan fingerprint density at radius 2 is 1.72 bits per heavy atom. The molecule has 0 bridgehead atoms. The zero-order valence-electron chi connectivity index (χ0n) is 15.3. The van der Waals surface area contributed by atoms with Crippen molar-refractivity contribution >= 4 is 23.1 Å². The molecule has 3 aromatic rings. The SMILES string of the molecule is O=C1C(Nc2ccc3c(c2)OCO3)=C(c2ccccc2)C(=O)N1Cc1ccco1. The summed E-state index contributed by atoms with van der Waals surface area (Å²) < 4.78 is 16.0. The van der Waals surface area contributed by atoms with Gasteiger partial charge >= 0.3 is 0 Å². The third-order valence-electron chi connectivity index (χ3n) is 4.77. The van der Waals surface area contributed by atoms with Gasteiger partial charge in [-0.1, -0.05) is 30.3 Å². The Morgan fingerprint density at radius 1 is 0.897 bits per heavy atom. The second-order valence-corrected chi connectivity index (χ2v) is 6.58. The smallest absolute Gasteiger partial charge is 0.278 e. The minimum absolute atomic E-state index is 0.0628. The minimum atomic E-state index is -0.414. The van der Waals surface area contributed by atoms with E-state index in [0.29, 0.717) is 34.1 Å². The van der Waals surface area contributed by atoms with Gasteiger partial charge < -0.3 is 19.2 Å². The molecule has 0 atom stereocenters. The summed E-state index contributed by atoms with van der Waals surface area (Å²) >= 11 is 0. The standard InChI is InChI=1S/C22H16N2O5/c25-21-19(14-5-2-1-3-6-14)20(22(26)24(21)12-16-7-4-10-27-16)23-15-8-9-17-18(11-15)29-13-28-17/h1-11,23H,12-13H2. The molecule has 2 aliphatic heterocycles. The van der Waals surface area contributed by atoms with Crippen molar-refractivity contribution in [1.29, 1.82) is 0 Å². The topological polar surface area (TPSA) is 81.0 Å². The maximum atomic E-state index is 13.2. The summed E-state index contributed by atoms with van der Waals surface area (Å²) in [5.74, 6) is 0.967. The van der Waals surface area contributed by atoms with E-state index in [4.69, 9.17) is 13.9 Å². The Labute approximate surface area is 166 Å². The number of hydrogen-bond acceptors (Lipinski definition) is 6. The molecule has 1 aromatic heterocycles. The van der Waals surface area contributed by atoms with Crippen molar-refractivity contribution in [1.82, 2.24) is 4.90 Å². The van der Waals surface area contributed by atoms with E-state index in [0.717, 1.165) is 0 Å². The Morgan fingerprint density at radius 3 is 2.52 bits per heavy atom. The predicted octanol–water partition coefficient (Wildman–Crippen LogP) is 3.40. The molecular formula is C22H16N2O5. The highest BCUT2D eigenvalue weighted by Gasteiger charge is 2.39. The fourth-order valence-corrected chi connectivity index (χ4v) is 3.39. The fourth-order valence-electron chi connectivity index (χ4n) is 3.39. The molecule has 5 rings (SSSR count). The predicted molar refractivity (Wildman–Crippen MR) is 104 cm³/mol. The number of nitrogens with zero attached hydrogens (tertiary/aromatic N) is 1. The molecule has 1 N–H and O–H groups in total. The number of ether oxygens (including phenoxy) is 2. The summed E-state index contributed by atoms with van der Waals surface area (Å²) in [6.07, 6.45) is 1.51. The number of carbonyl (C=O) groups excluding carboxylic acids is 2. The maximum absolute atomic E-state index is 13.2. The zero-order chi connectivity index (χ0) is 19.8. The van der Waals surface area contributed by atoms with Crippen molar-refractivity contribution in [2.24, 2.45) is 0 Å². The minimum Gasteiger partial charge on any atom is -0.467 e. The van der Waals surface area contributed by atoms with Gasteiger partial charge in [0.05, 0.1) is 18.4 Å². The molecular weight excluding hydrogens is 372 g/mol. The largest absolute Gasteiger partial charge is 0.467 e. The average Bonchev–Trinajstić information content (AvgIpc) is 3.46. The highest BCUT2D eigenvalue weighted by Crippen LogP contribution is 2.36. The first-order chi connectivity index (χ1) is 14.2. The lowest BCUT2D eigenvalue weighted by Gasteiger charge is -2.13. The van der Waals surface area contributed by atoms with E-state index in [1.54, 1.807) is 42.5 Å². The summed E-state index contributed by atoms with van der Waals surface area (Å²) in [6, 6.07) is 17.8. The van der Waals surface area contributed by atoms with Gasteiger partial charge in [-0.05, 0) is 29.8 Å². The molecule has 0 saturated carbocycles. The van der Waals surface area contributed by atoms with Crippen molar-refractivity contribution in [3.8, 4) is 11.5 Å². The lowest BCUT2D eigenvalue weighted by molar-refractivity contribution is -0.137. The monoisotopic (exact) mass is 388 g/mol. The number of furan rings is 1. The summed E-state index contributed by atoms with van der Waals surface area (Å²) in [7, 11) is 0. The maximum Gasteiger partial charge on any atom is 0.278 e. The van der Waals surface area contributed by atoms with E-state index >= 15 is 0 Å². The zero-order valence-corrected chi connectivity index (χ0v) is 15.3. The van der Waals surface area contributed by atoms with Crippen LogP contribution in [0.3, 0.4) is 0 Å². The summed E-state index contributed by atoms with van der Waals surface area (Å²) in [6.45, 7) is 0.221. The molecule has 29 heavy (non-hydrogen) atoms. The van der Waals surface area contributed by atoms with Gasteiger partial charge in [-0.15, -0.1) is 0 Å². The number of imide groups is 1. The summed E-state index contributed by atoms with van der Waals surface area (Å²) in [5, 5.41) is 3.11. The van der Waals surface area contributed by atoms with Gasteiger partial charge in [0.25, 0.3) is 11.8 Å². The van der Waals surface area contributed by atoms with Crippen LogP contribution in [0.15, 0.2) is 77.0 Å². The first-order valence-corrected chi connectivity index (χ1v) is 9.05. The number of benzene rings is 2. The molecule has 0 saturated heterocycles. The van der Waals surface area contributed by atoms with Crippen LogP contribution >= 0.6 is 0 Å². The normalized spacial score (nSPS) is 15.4. The molecule has 2 amide bonds. The first kappa shape index (κ1) is 17.1. The lowest BCUT2D eigenvalue weighted by Crippen LogP contribution is -2.31. The number of amides is 2. The van der Waals surface area contributed by atoms with Gasteiger partial charge in [-0.3, -0.25) is 14.5 Å². The van der Waals surface area contributed by atoms with Crippen LogP contribution in [0.25, 0.3) is 5.57 Å². The molecule has 144 valence electrons. The molecule has 7 heteroatoms. The first-order valence-electron chi connectivity index (χ1n) is 9.05. The molecule has 7 nitrogen and oxygen atoms in total. The van der Waals surface area contributed by atoms with Crippen molar-refractivity contribution < 1.29 is 23.5 Å². The Bertz CT molecular complexity index is 1120. The molecule has 0 radical (unpaired) electrons. The quantitative estimate of drug-likeness (QED) is 0.675. The fraction of sp³-hybridized carbons (Fsp3) is 0.0909. The number of carbonyl (C=O) groups is 2. The second-order valence-electron chi connectivity index (χ2n) is 6.58. The molecule has 3 heterocycles. The molecule has 2 aliphatic rings. The Balaban J connectivity index is 1.53. The van der Waals surface area contributed by atoms with Crippen LogP contribution in [-0.2, 0) is 16.1 Å².